The van der Waals surface area contributed by atoms with Gasteiger partial charge in [-0.05, 0) is 69.6 Å². The number of aromatic nitrogens is 4. The van der Waals surface area contributed by atoms with Gasteiger partial charge in [0.2, 0.25) is 5.95 Å². The van der Waals surface area contributed by atoms with E-state index < -0.39 is 0 Å². The monoisotopic (exact) mass is 569 g/mol. The Labute approximate surface area is 226 Å². The van der Waals surface area contributed by atoms with Gasteiger partial charge in [-0.2, -0.15) is 10.1 Å². The molecule has 2 aliphatic carbocycles. The van der Waals surface area contributed by atoms with Crippen LogP contribution in [0.2, 0.25) is 0 Å². The van der Waals surface area contributed by atoms with Crippen molar-refractivity contribution in [3.8, 4) is 0 Å². The largest absolute Gasteiger partial charge is 0.393 e. The number of fused-ring (bicyclic) bond motifs is 1. The smallest absolute Gasteiger partial charge is 0.229 e. The number of nitrogens with zero attached hydrogens (tertiary/aromatic N) is 5. The van der Waals surface area contributed by atoms with Crippen molar-refractivity contribution < 1.29 is 9.84 Å². The third-order valence-electron chi connectivity index (χ3n) is 8.16. The van der Waals surface area contributed by atoms with E-state index in [4.69, 9.17) is 14.7 Å². The van der Waals surface area contributed by atoms with Crippen LogP contribution in [-0.2, 0) is 4.74 Å². The van der Waals surface area contributed by atoms with Gasteiger partial charge in [-0.25, -0.2) is 4.98 Å². The molecule has 198 valence electrons. The molecule has 3 N–H and O–H groups in total. The standard InChI is InChI=1S/C27H36BrN7O2/c28-18-1-10-25-24(15-18)26(30-19-2-4-21(5-3-19)34-11-13-37-14-12-34)33-27(32-25)31-20-16-29-35(17-20)22-6-8-23(36)9-7-22/h1,10,15-17,19,21-23,36H,2-9,11-14H2,(H2,30,31,32,33)/t19-,21-,22?,23?. The van der Waals surface area contributed by atoms with Crippen molar-refractivity contribution >= 4 is 44.3 Å². The van der Waals surface area contributed by atoms with Crippen LogP contribution < -0.4 is 10.6 Å². The summed E-state index contributed by atoms with van der Waals surface area (Å²) >= 11 is 3.62. The van der Waals surface area contributed by atoms with Crippen LogP contribution in [0.4, 0.5) is 17.5 Å². The van der Waals surface area contributed by atoms with Crippen LogP contribution in [0, 0.1) is 0 Å². The van der Waals surface area contributed by atoms with Gasteiger partial charge in [-0.15, -0.1) is 0 Å². The Morgan fingerprint density at radius 3 is 2.49 bits per heavy atom. The van der Waals surface area contributed by atoms with E-state index >= 15 is 0 Å². The lowest BCUT2D eigenvalue weighted by Gasteiger charge is -2.39. The van der Waals surface area contributed by atoms with Crippen LogP contribution in [0.25, 0.3) is 10.9 Å². The summed E-state index contributed by atoms with van der Waals surface area (Å²) in [6, 6.07) is 7.54. The first-order chi connectivity index (χ1) is 18.1. The van der Waals surface area contributed by atoms with Crippen molar-refractivity contribution in [2.24, 2.45) is 0 Å². The Hall–Kier alpha value is -2.27. The van der Waals surface area contributed by atoms with Gasteiger partial charge < -0.3 is 20.5 Å². The molecule has 1 saturated heterocycles. The van der Waals surface area contributed by atoms with E-state index in [0.29, 0.717) is 24.1 Å². The van der Waals surface area contributed by atoms with Crippen molar-refractivity contribution in [2.75, 3.05) is 36.9 Å². The Bertz CT molecular complexity index is 1200. The molecule has 2 saturated carbocycles. The van der Waals surface area contributed by atoms with E-state index in [2.05, 4.69) is 42.6 Å². The average Bonchev–Trinajstić information content (AvgIpc) is 3.39. The molecule has 6 rings (SSSR count). The Balaban J connectivity index is 1.16. The second kappa shape index (κ2) is 11.2. The maximum atomic E-state index is 9.82. The van der Waals surface area contributed by atoms with E-state index in [1.54, 1.807) is 0 Å². The fourth-order valence-electron chi connectivity index (χ4n) is 6.04. The molecule has 0 spiro atoms. The lowest BCUT2D eigenvalue weighted by atomic mass is 9.90. The second-order valence-corrected chi connectivity index (χ2v) is 11.6. The minimum absolute atomic E-state index is 0.171. The van der Waals surface area contributed by atoms with Gasteiger partial charge in [-0.1, -0.05) is 15.9 Å². The minimum Gasteiger partial charge on any atom is -0.393 e. The van der Waals surface area contributed by atoms with Crippen LogP contribution >= 0.6 is 15.9 Å². The molecule has 2 aromatic heterocycles. The van der Waals surface area contributed by atoms with Gasteiger partial charge in [0.05, 0.1) is 42.8 Å². The van der Waals surface area contributed by atoms with Crippen molar-refractivity contribution in [3.05, 3.63) is 35.1 Å². The molecule has 0 unspecified atom stereocenters. The maximum Gasteiger partial charge on any atom is 0.229 e. The predicted octanol–water partition coefficient (Wildman–Crippen LogP) is 4.86. The number of ether oxygens (including phenoxy) is 1. The van der Waals surface area contributed by atoms with Crippen LogP contribution in [0.1, 0.15) is 57.4 Å². The second-order valence-electron chi connectivity index (χ2n) is 10.7. The Morgan fingerprint density at radius 2 is 1.70 bits per heavy atom. The zero-order chi connectivity index (χ0) is 25.2. The number of halogens is 1. The minimum atomic E-state index is -0.171. The lowest BCUT2D eigenvalue weighted by Crippen LogP contribution is -2.46. The van der Waals surface area contributed by atoms with Gasteiger partial charge in [0.25, 0.3) is 0 Å². The molecular weight excluding hydrogens is 534 g/mol. The summed E-state index contributed by atoms with van der Waals surface area (Å²) in [6.07, 6.45) is 11.9. The zero-order valence-corrected chi connectivity index (χ0v) is 22.7. The molecule has 10 heteroatoms. The Morgan fingerprint density at radius 1 is 0.946 bits per heavy atom. The van der Waals surface area contributed by atoms with Crippen LogP contribution in [0.3, 0.4) is 0 Å². The molecule has 3 aromatic rings. The average molecular weight is 571 g/mol. The van der Waals surface area contributed by atoms with Crippen molar-refractivity contribution in [1.82, 2.24) is 24.6 Å². The molecule has 9 nitrogen and oxygen atoms in total. The van der Waals surface area contributed by atoms with E-state index in [-0.39, 0.29) is 6.10 Å². The number of aliphatic hydroxyl groups is 1. The third-order valence-corrected chi connectivity index (χ3v) is 8.65. The summed E-state index contributed by atoms with van der Waals surface area (Å²) in [5.74, 6) is 1.44. The van der Waals surface area contributed by atoms with Gasteiger partial charge in [0.15, 0.2) is 0 Å². The first-order valence-corrected chi connectivity index (χ1v) is 14.4. The molecule has 0 amide bonds. The fourth-order valence-corrected chi connectivity index (χ4v) is 6.40. The highest BCUT2D eigenvalue weighted by Crippen LogP contribution is 2.32. The third kappa shape index (κ3) is 5.92. The maximum absolute atomic E-state index is 9.82. The summed E-state index contributed by atoms with van der Waals surface area (Å²) in [7, 11) is 0. The molecule has 3 fully saturated rings. The molecule has 1 aliphatic heterocycles. The number of hydrogen-bond donors (Lipinski definition) is 3. The summed E-state index contributed by atoms with van der Waals surface area (Å²) in [5.41, 5.74) is 1.78. The molecule has 37 heavy (non-hydrogen) atoms. The molecule has 0 radical (unpaired) electrons. The first-order valence-electron chi connectivity index (χ1n) is 13.7. The summed E-state index contributed by atoms with van der Waals surface area (Å²) < 4.78 is 8.57. The molecule has 3 aliphatic rings. The molecule has 3 heterocycles. The number of benzene rings is 1. The topological polar surface area (TPSA) is 100 Å². The molecule has 1 aromatic carbocycles. The van der Waals surface area contributed by atoms with Gasteiger partial charge in [-0.3, -0.25) is 9.58 Å². The predicted molar refractivity (Wildman–Crippen MR) is 148 cm³/mol. The SMILES string of the molecule is OC1CCC(n2cc(Nc3nc(N[C@H]4CC[C@H](N5CCOCC5)CC4)c4cc(Br)ccc4n3)cn2)CC1. The van der Waals surface area contributed by atoms with E-state index in [0.717, 1.165) is 91.7 Å². The molecular formula is C27H36BrN7O2. The van der Waals surface area contributed by atoms with Gasteiger partial charge in [0, 0.05) is 41.2 Å². The number of rotatable bonds is 6. The van der Waals surface area contributed by atoms with Gasteiger partial charge >= 0.3 is 0 Å². The van der Waals surface area contributed by atoms with Crippen LogP contribution in [-0.4, -0.2) is 74.2 Å². The highest BCUT2D eigenvalue weighted by atomic mass is 79.9. The van der Waals surface area contributed by atoms with E-state index in [1.807, 2.05) is 29.2 Å². The zero-order valence-electron chi connectivity index (χ0n) is 21.2. The van der Waals surface area contributed by atoms with Crippen LogP contribution in [0.5, 0.6) is 0 Å². The van der Waals surface area contributed by atoms with E-state index in [9.17, 15) is 5.11 Å². The van der Waals surface area contributed by atoms with Crippen molar-refractivity contribution in [2.45, 2.75) is 75.6 Å². The summed E-state index contributed by atoms with van der Waals surface area (Å²) in [4.78, 5) is 12.3. The van der Waals surface area contributed by atoms with Crippen molar-refractivity contribution in [3.63, 3.8) is 0 Å². The number of morpholine rings is 1. The number of nitrogens with one attached hydrogen (secondary N) is 2. The summed E-state index contributed by atoms with van der Waals surface area (Å²) in [6.45, 7) is 3.83. The van der Waals surface area contributed by atoms with E-state index in [1.165, 1.54) is 12.8 Å². The quantitative estimate of drug-likeness (QED) is 0.387. The highest BCUT2D eigenvalue weighted by molar-refractivity contribution is 9.10. The normalized spacial score (nSPS) is 27.3. The van der Waals surface area contributed by atoms with Crippen molar-refractivity contribution in [1.29, 1.82) is 0 Å². The molecule has 0 atom stereocenters. The number of anilines is 3. The number of aliphatic hydroxyl groups excluding tert-OH is 1. The highest BCUT2D eigenvalue weighted by Gasteiger charge is 2.27. The first kappa shape index (κ1) is 25.0. The lowest BCUT2D eigenvalue weighted by molar-refractivity contribution is 0.00791. The fraction of sp³-hybridized carbons (Fsp3) is 0.593. The summed E-state index contributed by atoms with van der Waals surface area (Å²) in [5, 5.41) is 22.6. The number of hydrogen-bond acceptors (Lipinski definition) is 8. The van der Waals surface area contributed by atoms with Gasteiger partial charge in [0.1, 0.15) is 5.82 Å². The van der Waals surface area contributed by atoms with Crippen LogP contribution in [0.15, 0.2) is 35.1 Å². The molecule has 0 bridgehead atoms. The Kier molecular flexibility index (Phi) is 7.60.